The molecule has 1 heterocycles. The summed E-state index contributed by atoms with van der Waals surface area (Å²) in [5.41, 5.74) is 2.10. The van der Waals surface area contributed by atoms with Crippen LogP contribution in [0, 0.1) is 6.92 Å². The fourth-order valence-electron chi connectivity index (χ4n) is 2.13. The minimum Gasteiger partial charge on any atom is -0.449 e. The molecule has 0 aliphatic rings. The molecule has 0 fully saturated rings. The van der Waals surface area contributed by atoms with E-state index >= 15 is 0 Å². The van der Waals surface area contributed by atoms with Gasteiger partial charge in [-0.25, -0.2) is 4.79 Å². The number of aromatic nitrogens is 1. The molecule has 0 saturated heterocycles. The van der Waals surface area contributed by atoms with Crippen molar-refractivity contribution in [3.05, 3.63) is 35.5 Å². The molecule has 2 aromatic rings. The largest absolute Gasteiger partial charge is 0.449 e. The van der Waals surface area contributed by atoms with Gasteiger partial charge in [0.25, 0.3) is 5.91 Å². The molecular formula is C15H18N2O3. The number of ether oxygens (including phenoxy) is 1. The summed E-state index contributed by atoms with van der Waals surface area (Å²) in [6.45, 7) is 5.70. The maximum Gasteiger partial charge on any atom is 0.341 e. The highest BCUT2D eigenvalue weighted by Crippen LogP contribution is 2.22. The number of H-pyrrole nitrogens is 1. The van der Waals surface area contributed by atoms with E-state index in [1.165, 1.54) is 0 Å². The van der Waals surface area contributed by atoms with Gasteiger partial charge in [-0.1, -0.05) is 18.2 Å². The third-order valence-corrected chi connectivity index (χ3v) is 3.10. The third kappa shape index (κ3) is 2.66. The highest BCUT2D eigenvalue weighted by Gasteiger charge is 2.22. The van der Waals surface area contributed by atoms with E-state index in [9.17, 15) is 9.59 Å². The number of hydrogen-bond acceptors (Lipinski definition) is 3. The number of nitrogens with one attached hydrogen (secondary N) is 2. The van der Waals surface area contributed by atoms with Crippen LogP contribution in [0.4, 0.5) is 0 Å². The van der Waals surface area contributed by atoms with Gasteiger partial charge in [0.1, 0.15) is 0 Å². The molecule has 5 heteroatoms. The van der Waals surface area contributed by atoms with Crippen LogP contribution in [0.3, 0.4) is 0 Å². The lowest BCUT2D eigenvalue weighted by atomic mass is 10.1. The van der Waals surface area contributed by atoms with Crippen molar-refractivity contribution in [3.8, 4) is 0 Å². The van der Waals surface area contributed by atoms with Crippen molar-refractivity contribution in [2.45, 2.75) is 26.9 Å². The zero-order valence-corrected chi connectivity index (χ0v) is 11.8. The Labute approximate surface area is 117 Å². The molecule has 20 heavy (non-hydrogen) atoms. The number of aryl methyl sites for hydroxylation is 1. The Kier molecular flexibility index (Phi) is 4.08. The van der Waals surface area contributed by atoms with Gasteiger partial charge in [-0.3, -0.25) is 4.79 Å². The highest BCUT2D eigenvalue weighted by molar-refractivity contribution is 6.06. The van der Waals surface area contributed by atoms with Crippen LogP contribution in [0.5, 0.6) is 0 Å². The SMILES string of the molecule is CCNC(=O)C(C)OC(=O)c1c(C)[nH]c2ccccc12. The van der Waals surface area contributed by atoms with E-state index in [4.69, 9.17) is 4.74 Å². The van der Waals surface area contributed by atoms with Crippen molar-refractivity contribution in [2.75, 3.05) is 6.54 Å². The third-order valence-electron chi connectivity index (χ3n) is 3.10. The van der Waals surface area contributed by atoms with Crippen molar-refractivity contribution in [1.82, 2.24) is 10.3 Å². The van der Waals surface area contributed by atoms with Crippen molar-refractivity contribution in [3.63, 3.8) is 0 Å². The Morgan fingerprint density at radius 2 is 2.05 bits per heavy atom. The minimum atomic E-state index is -0.810. The topological polar surface area (TPSA) is 71.2 Å². The lowest BCUT2D eigenvalue weighted by Gasteiger charge is -2.12. The van der Waals surface area contributed by atoms with Gasteiger partial charge in [0.05, 0.1) is 5.56 Å². The molecule has 2 N–H and O–H groups in total. The smallest absolute Gasteiger partial charge is 0.341 e. The average molecular weight is 274 g/mol. The molecule has 0 saturated carbocycles. The molecule has 1 amide bonds. The van der Waals surface area contributed by atoms with E-state index in [2.05, 4.69) is 10.3 Å². The van der Waals surface area contributed by atoms with E-state index in [-0.39, 0.29) is 5.91 Å². The van der Waals surface area contributed by atoms with Gasteiger partial charge in [-0.05, 0) is 26.8 Å². The number of benzene rings is 1. The summed E-state index contributed by atoms with van der Waals surface area (Å²) in [4.78, 5) is 27.0. The van der Waals surface area contributed by atoms with Gasteiger partial charge in [0.15, 0.2) is 6.10 Å². The summed E-state index contributed by atoms with van der Waals surface area (Å²) < 4.78 is 5.23. The van der Waals surface area contributed by atoms with Crippen molar-refractivity contribution in [1.29, 1.82) is 0 Å². The monoisotopic (exact) mass is 274 g/mol. The first-order valence-electron chi connectivity index (χ1n) is 6.60. The first-order valence-corrected chi connectivity index (χ1v) is 6.60. The normalized spacial score (nSPS) is 12.2. The molecule has 1 aromatic heterocycles. The average Bonchev–Trinajstić information content (AvgIpc) is 2.74. The first-order chi connectivity index (χ1) is 9.54. The number of carbonyl (C=O) groups is 2. The van der Waals surface area contributed by atoms with Gasteiger partial charge in [0.2, 0.25) is 0 Å². The van der Waals surface area contributed by atoms with E-state index in [1.54, 1.807) is 6.92 Å². The fourth-order valence-corrected chi connectivity index (χ4v) is 2.13. The number of fused-ring (bicyclic) bond motifs is 1. The second-order valence-corrected chi connectivity index (χ2v) is 4.61. The van der Waals surface area contributed by atoms with Crippen LogP contribution >= 0.6 is 0 Å². The number of likely N-dealkylation sites (N-methyl/N-ethyl adjacent to an activating group) is 1. The minimum absolute atomic E-state index is 0.293. The Bertz CT molecular complexity index is 646. The molecule has 0 radical (unpaired) electrons. The number of esters is 1. The van der Waals surface area contributed by atoms with E-state index in [1.807, 2.05) is 38.1 Å². The zero-order chi connectivity index (χ0) is 14.7. The number of amides is 1. The standard InChI is InChI=1S/C15H18N2O3/c1-4-16-14(18)10(3)20-15(19)13-9(2)17-12-8-6-5-7-11(12)13/h5-8,10,17H,4H2,1-3H3,(H,16,18). The van der Waals surface area contributed by atoms with Crippen molar-refractivity contribution >= 4 is 22.8 Å². The molecule has 2 rings (SSSR count). The summed E-state index contributed by atoms with van der Waals surface area (Å²) in [6, 6.07) is 7.50. The van der Waals surface area contributed by atoms with Crippen LogP contribution < -0.4 is 5.32 Å². The van der Waals surface area contributed by atoms with Gasteiger partial charge >= 0.3 is 5.97 Å². The maximum atomic E-state index is 12.2. The van der Waals surface area contributed by atoms with Gasteiger partial charge in [0, 0.05) is 23.1 Å². The fraction of sp³-hybridized carbons (Fsp3) is 0.333. The number of carbonyl (C=O) groups excluding carboxylic acids is 2. The Morgan fingerprint density at radius 1 is 1.35 bits per heavy atom. The van der Waals surface area contributed by atoms with Crippen LogP contribution in [0.2, 0.25) is 0 Å². The lowest BCUT2D eigenvalue weighted by molar-refractivity contribution is -0.128. The predicted octanol–water partition coefficient (Wildman–Crippen LogP) is 2.16. The van der Waals surface area contributed by atoms with Crippen LogP contribution in [0.25, 0.3) is 10.9 Å². The molecule has 106 valence electrons. The second-order valence-electron chi connectivity index (χ2n) is 4.61. The van der Waals surface area contributed by atoms with E-state index in [0.29, 0.717) is 12.1 Å². The predicted molar refractivity (Wildman–Crippen MR) is 76.6 cm³/mol. The zero-order valence-electron chi connectivity index (χ0n) is 11.8. The van der Waals surface area contributed by atoms with E-state index < -0.39 is 12.1 Å². The number of aromatic amines is 1. The van der Waals surface area contributed by atoms with Crippen LogP contribution in [0.1, 0.15) is 29.9 Å². The van der Waals surface area contributed by atoms with Crippen molar-refractivity contribution in [2.24, 2.45) is 0 Å². The van der Waals surface area contributed by atoms with Gasteiger partial charge < -0.3 is 15.0 Å². The van der Waals surface area contributed by atoms with Crippen molar-refractivity contribution < 1.29 is 14.3 Å². The lowest BCUT2D eigenvalue weighted by Crippen LogP contribution is -2.35. The second kappa shape index (κ2) is 5.77. The number of para-hydroxylation sites is 1. The highest BCUT2D eigenvalue weighted by atomic mass is 16.5. The summed E-state index contributed by atoms with van der Waals surface area (Å²) >= 11 is 0. The molecule has 0 bridgehead atoms. The Balaban J connectivity index is 2.23. The summed E-state index contributed by atoms with van der Waals surface area (Å²) in [5.74, 6) is -0.781. The summed E-state index contributed by atoms with van der Waals surface area (Å²) in [5, 5.41) is 3.43. The van der Waals surface area contributed by atoms with Gasteiger partial charge in [-0.15, -0.1) is 0 Å². The van der Waals surface area contributed by atoms with Crippen LogP contribution in [-0.4, -0.2) is 29.5 Å². The molecule has 0 aliphatic carbocycles. The Morgan fingerprint density at radius 3 is 2.75 bits per heavy atom. The van der Waals surface area contributed by atoms with E-state index in [0.717, 1.165) is 16.6 Å². The number of hydrogen-bond donors (Lipinski definition) is 2. The quantitative estimate of drug-likeness (QED) is 0.839. The van der Waals surface area contributed by atoms with Crippen LogP contribution in [-0.2, 0) is 9.53 Å². The molecule has 0 spiro atoms. The molecule has 1 aromatic carbocycles. The Hall–Kier alpha value is -2.30. The van der Waals surface area contributed by atoms with Gasteiger partial charge in [-0.2, -0.15) is 0 Å². The van der Waals surface area contributed by atoms with Crippen LogP contribution in [0.15, 0.2) is 24.3 Å². The first kappa shape index (κ1) is 14.1. The molecule has 0 aliphatic heterocycles. The molecule has 5 nitrogen and oxygen atoms in total. The maximum absolute atomic E-state index is 12.2. The summed E-state index contributed by atoms with van der Waals surface area (Å²) in [7, 11) is 0. The summed E-state index contributed by atoms with van der Waals surface area (Å²) in [6.07, 6.45) is -0.810. The molecule has 1 atom stereocenters. The molecule has 1 unspecified atom stereocenters. The number of rotatable bonds is 4. The molecular weight excluding hydrogens is 256 g/mol.